The quantitative estimate of drug-likeness (QED) is 0.457. The zero-order valence-corrected chi connectivity index (χ0v) is 7.92. The highest BCUT2D eigenvalue weighted by Crippen LogP contribution is 1.99. The Hall–Kier alpha value is -0.820. The van der Waals surface area contributed by atoms with E-state index in [1.165, 1.54) is 5.57 Å². The standard InChI is InChI=1S/C11H17NO/c13-9-5-1-4-8-12-10-11-6-2-3-7-11/h2-3,6,12-13H,1,4-5,8-10H2. The van der Waals surface area contributed by atoms with Crippen LogP contribution in [0, 0.1) is 0 Å². The molecule has 0 fully saturated rings. The molecule has 0 radical (unpaired) electrons. The van der Waals surface area contributed by atoms with E-state index in [2.05, 4.69) is 17.1 Å². The zero-order valence-electron chi connectivity index (χ0n) is 7.92. The average Bonchev–Trinajstić information content (AvgIpc) is 2.63. The number of hydrogen-bond acceptors (Lipinski definition) is 2. The molecule has 0 aliphatic heterocycles. The molecule has 0 bridgehead atoms. The second-order valence-electron chi connectivity index (χ2n) is 3.16. The zero-order chi connectivity index (χ0) is 9.36. The maximum atomic E-state index is 8.55. The van der Waals surface area contributed by atoms with Crippen molar-refractivity contribution >= 4 is 0 Å². The Morgan fingerprint density at radius 2 is 2.23 bits per heavy atom. The number of unbranched alkanes of at least 4 members (excludes halogenated alkanes) is 2. The molecule has 2 heteroatoms. The number of nitrogens with one attached hydrogen (secondary N) is 1. The SMILES string of the molecule is OCCCCCNCC1=C=CC=C1. The first-order valence-electron chi connectivity index (χ1n) is 4.87. The van der Waals surface area contributed by atoms with Crippen LogP contribution >= 0.6 is 0 Å². The smallest absolute Gasteiger partial charge is 0.0431 e. The summed E-state index contributed by atoms with van der Waals surface area (Å²) in [5.41, 5.74) is 4.36. The molecule has 72 valence electrons. The Balaban J connectivity index is 1.90. The Bertz CT molecular complexity index is 224. The van der Waals surface area contributed by atoms with Crippen LogP contribution in [-0.4, -0.2) is 24.8 Å². The summed E-state index contributed by atoms with van der Waals surface area (Å²) in [6, 6.07) is 0. The van der Waals surface area contributed by atoms with Crippen molar-refractivity contribution in [3.8, 4) is 0 Å². The van der Waals surface area contributed by atoms with Gasteiger partial charge in [0.05, 0.1) is 0 Å². The van der Waals surface area contributed by atoms with Crippen LogP contribution in [0.4, 0.5) is 0 Å². The van der Waals surface area contributed by atoms with Gasteiger partial charge in [0.15, 0.2) is 0 Å². The van der Waals surface area contributed by atoms with E-state index in [1.54, 1.807) is 0 Å². The average molecular weight is 179 g/mol. The first kappa shape index (κ1) is 10.3. The lowest BCUT2D eigenvalue weighted by atomic mass is 10.2. The Labute approximate surface area is 79.7 Å². The number of aliphatic hydroxyl groups excluding tert-OH is 1. The molecule has 0 spiro atoms. The summed E-state index contributed by atoms with van der Waals surface area (Å²) >= 11 is 0. The lowest BCUT2D eigenvalue weighted by molar-refractivity contribution is 0.283. The van der Waals surface area contributed by atoms with E-state index in [0.29, 0.717) is 6.61 Å². The number of hydrogen-bond donors (Lipinski definition) is 2. The minimum atomic E-state index is 0.316. The summed E-state index contributed by atoms with van der Waals surface area (Å²) in [5.74, 6) is 0. The van der Waals surface area contributed by atoms with E-state index in [9.17, 15) is 0 Å². The lowest BCUT2D eigenvalue weighted by Crippen LogP contribution is -2.17. The second kappa shape index (κ2) is 6.67. The summed E-state index contributed by atoms with van der Waals surface area (Å²) in [6.45, 7) is 2.25. The van der Waals surface area contributed by atoms with E-state index in [4.69, 9.17) is 5.11 Å². The molecular formula is C11H17NO. The third kappa shape index (κ3) is 4.69. The van der Waals surface area contributed by atoms with Gasteiger partial charge in [-0.15, -0.1) is 5.73 Å². The van der Waals surface area contributed by atoms with Gasteiger partial charge in [-0.25, -0.2) is 0 Å². The van der Waals surface area contributed by atoms with Gasteiger partial charge < -0.3 is 10.4 Å². The van der Waals surface area contributed by atoms with Crippen molar-refractivity contribution < 1.29 is 5.11 Å². The number of aliphatic hydroxyl groups is 1. The molecule has 1 aliphatic rings. The van der Waals surface area contributed by atoms with Crippen LogP contribution in [-0.2, 0) is 0 Å². The van der Waals surface area contributed by atoms with Crippen LogP contribution in [0.2, 0.25) is 0 Å². The van der Waals surface area contributed by atoms with Gasteiger partial charge in [-0.05, 0) is 38.0 Å². The monoisotopic (exact) mass is 179 g/mol. The lowest BCUT2D eigenvalue weighted by Gasteiger charge is -2.02. The topological polar surface area (TPSA) is 32.3 Å². The van der Waals surface area contributed by atoms with Crippen molar-refractivity contribution in [3.05, 3.63) is 29.5 Å². The van der Waals surface area contributed by atoms with Crippen molar-refractivity contribution in [1.82, 2.24) is 5.32 Å². The minimum absolute atomic E-state index is 0.316. The Morgan fingerprint density at radius 3 is 2.92 bits per heavy atom. The second-order valence-corrected chi connectivity index (χ2v) is 3.16. The summed E-state index contributed by atoms with van der Waals surface area (Å²) in [6.07, 6.45) is 9.17. The van der Waals surface area contributed by atoms with Gasteiger partial charge in [0, 0.05) is 18.7 Å². The van der Waals surface area contributed by atoms with Crippen LogP contribution in [0.3, 0.4) is 0 Å². The van der Waals surface area contributed by atoms with Gasteiger partial charge in [0.2, 0.25) is 0 Å². The number of allylic oxidation sites excluding steroid dienone is 1. The predicted molar refractivity (Wildman–Crippen MR) is 54.5 cm³/mol. The molecule has 0 amide bonds. The molecule has 0 aromatic carbocycles. The van der Waals surface area contributed by atoms with E-state index in [0.717, 1.165) is 32.4 Å². The predicted octanol–water partition coefficient (Wildman–Crippen LogP) is 1.39. The van der Waals surface area contributed by atoms with Gasteiger partial charge in [0.1, 0.15) is 0 Å². The van der Waals surface area contributed by atoms with Crippen molar-refractivity contribution in [2.24, 2.45) is 0 Å². The van der Waals surface area contributed by atoms with E-state index in [1.807, 2.05) is 12.2 Å². The molecule has 0 saturated carbocycles. The van der Waals surface area contributed by atoms with Crippen molar-refractivity contribution in [2.45, 2.75) is 19.3 Å². The fraction of sp³-hybridized carbons (Fsp3) is 0.545. The molecule has 0 unspecified atom stereocenters. The third-order valence-corrected chi connectivity index (χ3v) is 1.99. The van der Waals surface area contributed by atoms with Crippen LogP contribution in [0.25, 0.3) is 0 Å². The summed E-state index contributed by atoms with van der Waals surface area (Å²) in [7, 11) is 0. The van der Waals surface area contributed by atoms with Crippen molar-refractivity contribution in [3.63, 3.8) is 0 Å². The molecule has 2 nitrogen and oxygen atoms in total. The van der Waals surface area contributed by atoms with Crippen molar-refractivity contribution in [1.29, 1.82) is 0 Å². The molecular weight excluding hydrogens is 162 g/mol. The van der Waals surface area contributed by atoms with Gasteiger partial charge in [-0.1, -0.05) is 6.08 Å². The van der Waals surface area contributed by atoms with Gasteiger partial charge in [0.25, 0.3) is 0 Å². The maximum Gasteiger partial charge on any atom is 0.0431 e. The molecule has 1 rings (SSSR count). The van der Waals surface area contributed by atoms with Gasteiger partial charge in [-0.2, -0.15) is 0 Å². The van der Waals surface area contributed by atoms with Crippen molar-refractivity contribution in [2.75, 3.05) is 19.7 Å². The van der Waals surface area contributed by atoms with Crippen LogP contribution < -0.4 is 5.32 Å². The molecule has 0 saturated heterocycles. The van der Waals surface area contributed by atoms with Crippen LogP contribution in [0.15, 0.2) is 29.5 Å². The van der Waals surface area contributed by atoms with Gasteiger partial charge in [-0.3, -0.25) is 0 Å². The highest BCUT2D eigenvalue weighted by atomic mass is 16.2. The summed E-state index contributed by atoms with van der Waals surface area (Å²) in [5, 5.41) is 11.9. The first-order chi connectivity index (χ1) is 6.43. The molecule has 2 N–H and O–H groups in total. The molecule has 0 aromatic heterocycles. The Kier molecular flexibility index (Phi) is 5.27. The largest absolute Gasteiger partial charge is 0.396 e. The molecule has 0 heterocycles. The fourth-order valence-corrected chi connectivity index (χ4v) is 1.24. The summed E-state index contributed by atoms with van der Waals surface area (Å²) < 4.78 is 0. The molecule has 1 aliphatic carbocycles. The first-order valence-corrected chi connectivity index (χ1v) is 4.87. The van der Waals surface area contributed by atoms with Crippen LogP contribution in [0.5, 0.6) is 0 Å². The third-order valence-electron chi connectivity index (χ3n) is 1.99. The number of rotatable bonds is 7. The highest BCUT2D eigenvalue weighted by Gasteiger charge is 1.93. The van der Waals surface area contributed by atoms with Gasteiger partial charge >= 0.3 is 0 Å². The highest BCUT2D eigenvalue weighted by molar-refractivity contribution is 5.29. The van der Waals surface area contributed by atoms with E-state index in [-0.39, 0.29) is 0 Å². The fourth-order valence-electron chi connectivity index (χ4n) is 1.24. The normalized spacial score (nSPS) is 13.8. The molecule has 0 atom stereocenters. The van der Waals surface area contributed by atoms with E-state index < -0.39 is 0 Å². The summed E-state index contributed by atoms with van der Waals surface area (Å²) in [4.78, 5) is 0. The van der Waals surface area contributed by atoms with E-state index >= 15 is 0 Å². The Morgan fingerprint density at radius 1 is 1.31 bits per heavy atom. The molecule has 0 aromatic rings. The maximum absolute atomic E-state index is 8.55. The minimum Gasteiger partial charge on any atom is -0.396 e. The van der Waals surface area contributed by atoms with Crippen LogP contribution in [0.1, 0.15) is 19.3 Å². The molecule has 13 heavy (non-hydrogen) atoms.